The SMILES string of the molecule is COc1ccc(CN2N=Cc3ccccc3C2C=CF)cc1. The van der Waals surface area contributed by atoms with Gasteiger partial charge in [0.25, 0.3) is 0 Å². The van der Waals surface area contributed by atoms with E-state index < -0.39 is 0 Å². The maximum atomic E-state index is 12.8. The zero-order valence-corrected chi connectivity index (χ0v) is 12.3. The second-order valence-electron chi connectivity index (χ2n) is 5.08. The molecule has 0 spiro atoms. The van der Waals surface area contributed by atoms with Crippen molar-refractivity contribution in [1.29, 1.82) is 0 Å². The number of nitrogens with zero attached hydrogens (tertiary/aromatic N) is 2. The van der Waals surface area contributed by atoms with Crippen LogP contribution in [-0.4, -0.2) is 18.3 Å². The van der Waals surface area contributed by atoms with E-state index in [1.54, 1.807) is 7.11 Å². The van der Waals surface area contributed by atoms with Crippen molar-refractivity contribution in [3.8, 4) is 5.75 Å². The van der Waals surface area contributed by atoms with Crippen molar-refractivity contribution in [2.24, 2.45) is 5.10 Å². The molecule has 3 nitrogen and oxygen atoms in total. The Hall–Kier alpha value is -2.62. The Morgan fingerprint density at radius 1 is 1.18 bits per heavy atom. The second kappa shape index (κ2) is 6.43. The topological polar surface area (TPSA) is 24.8 Å². The van der Waals surface area contributed by atoms with Crippen molar-refractivity contribution in [3.05, 3.63) is 77.6 Å². The number of rotatable bonds is 4. The summed E-state index contributed by atoms with van der Waals surface area (Å²) < 4.78 is 18.0. The maximum Gasteiger partial charge on any atom is 0.118 e. The van der Waals surface area contributed by atoms with Gasteiger partial charge in [-0.2, -0.15) is 5.10 Å². The van der Waals surface area contributed by atoms with Gasteiger partial charge in [0, 0.05) is 5.56 Å². The van der Waals surface area contributed by atoms with Gasteiger partial charge in [0.15, 0.2) is 0 Å². The van der Waals surface area contributed by atoms with Gasteiger partial charge in [0.2, 0.25) is 0 Å². The van der Waals surface area contributed by atoms with Crippen LogP contribution in [0.3, 0.4) is 0 Å². The molecule has 1 aliphatic rings. The summed E-state index contributed by atoms with van der Waals surface area (Å²) in [5, 5.41) is 6.34. The van der Waals surface area contributed by atoms with Crippen molar-refractivity contribution in [1.82, 2.24) is 5.01 Å². The number of ether oxygens (including phenoxy) is 1. The van der Waals surface area contributed by atoms with Gasteiger partial charge < -0.3 is 4.74 Å². The zero-order valence-electron chi connectivity index (χ0n) is 12.3. The fourth-order valence-electron chi connectivity index (χ4n) is 2.60. The average Bonchev–Trinajstić information content (AvgIpc) is 2.58. The van der Waals surface area contributed by atoms with Gasteiger partial charge in [-0.3, -0.25) is 5.01 Å². The molecule has 1 unspecified atom stereocenters. The Morgan fingerprint density at radius 3 is 2.68 bits per heavy atom. The lowest BCUT2D eigenvalue weighted by molar-refractivity contribution is 0.229. The fourth-order valence-corrected chi connectivity index (χ4v) is 2.60. The van der Waals surface area contributed by atoms with Crippen LogP contribution >= 0.6 is 0 Å². The van der Waals surface area contributed by atoms with Crippen LogP contribution < -0.4 is 4.74 Å². The highest BCUT2D eigenvalue weighted by Gasteiger charge is 2.22. The van der Waals surface area contributed by atoms with Gasteiger partial charge in [-0.15, -0.1) is 0 Å². The van der Waals surface area contributed by atoms with Crippen LogP contribution in [0.5, 0.6) is 5.75 Å². The average molecular weight is 296 g/mol. The molecule has 3 rings (SSSR count). The van der Waals surface area contributed by atoms with E-state index in [1.807, 2.05) is 59.8 Å². The van der Waals surface area contributed by atoms with Crippen LogP contribution in [0.25, 0.3) is 0 Å². The van der Waals surface area contributed by atoms with Crippen molar-refractivity contribution in [3.63, 3.8) is 0 Å². The first kappa shape index (κ1) is 14.3. The van der Waals surface area contributed by atoms with Crippen molar-refractivity contribution in [2.75, 3.05) is 7.11 Å². The van der Waals surface area contributed by atoms with Crippen LogP contribution in [0, 0.1) is 0 Å². The lowest BCUT2D eigenvalue weighted by Gasteiger charge is -2.31. The third kappa shape index (κ3) is 2.86. The number of halogens is 1. The quantitative estimate of drug-likeness (QED) is 0.849. The number of hydrazone groups is 1. The minimum Gasteiger partial charge on any atom is -0.497 e. The highest BCUT2D eigenvalue weighted by molar-refractivity contribution is 5.83. The molecule has 0 aromatic heterocycles. The van der Waals surface area contributed by atoms with E-state index in [0.29, 0.717) is 12.9 Å². The molecule has 2 aromatic carbocycles. The summed E-state index contributed by atoms with van der Waals surface area (Å²) >= 11 is 0. The van der Waals surface area contributed by atoms with E-state index >= 15 is 0 Å². The number of benzene rings is 2. The van der Waals surface area contributed by atoms with Crippen molar-refractivity contribution >= 4 is 6.21 Å². The smallest absolute Gasteiger partial charge is 0.118 e. The monoisotopic (exact) mass is 296 g/mol. The van der Waals surface area contributed by atoms with Crippen LogP contribution in [0.2, 0.25) is 0 Å². The molecule has 0 saturated carbocycles. The molecule has 2 aromatic rings. The lowest BCUT2D eigenvalue weighted by Crippen LogP contribution is -2.26. The Morgan fingerprint density at radius 2 is 1.95 bits per heavy atom. The number of fused-ring (bicyclic) bond motifs is 1. The molecule has 1 aliphatic heterocycles. The molecule has 0 bridgehead atoms. The largest absolute Gasteiger partial charge is 0.497 e. The zero-order chi connectivity index (χ0) is 15.4. The van der Waals surface area contributed by atoms with Crippen molar-refractivity contribution in [2.45, 2.75) is 12.6 Å². The first-order valence-electron chi connectivity index (χ1n) is 7.11. The predicted molar refractivity (Wildman–Crippen MR) is 85.6 cm³/mol. The summed E-state index contributed by atoms with van der Waals surface area (Å²) in [6.45, 7) is 0.601. The van der Waals surface area contributed by atoms with Crippen LogP contribution in [0.1, 0.15) is 22.7 Å². The van der Waals surface area contributed by atoms with Gasteiger partial charge in [-0.25, -0.2) is 4.39 Å². The van der Waals surface area contributed by atoms with E-state index in [4.69, 9.17) is 4.74 Å². The molecule has 0 fully saturated rings. The molecule has 22 heavy (non-hydrogen) atoms. The van der Waals surface area contributed by atoms with E-state index in [-0.39, 0.29) is 6.04 Å². The summed E-state index contributed by atoms with van der Waals surface area (Å²) in [5.74, 6) is 0.816. The molecular weight excluding hydrogens is 279 g/mol. The Bertz CT molecular complexity index is 694. The highest BCUT2D eigenvalue weighted by Crippen LogP contribution is 2.30. The van der Waals surface area contributed by atoms with Crippen LogP contribution in [-0.2, 0) is 6.54 Å². The summed E-state index contributed by atoms with van der Waals surface area (Å²) in [6, 6.07) is 15.5. The molecule has 0 saturated heterocycles. The maximum absolute atomic E-state index is 12.8. The van der Waals surface area contributed by atoms with E-state index in [2.05, 4.69) is 5.10 Å². The summed E-state index contributed by atoms with van der Waals surface area (Å²) in [5.41, 5.74) is 3.17. The lowest BCUT2D eigenvalue weighted by atomic mass is 9.98. The molecule has 0 amide bonds. The summed E-state index contributed by atoms with van der Waals surface area (Å²) in [4.78, 5) is 0. The van der Waals surface area contributed by atoms with Gasteiger partial charge in [-0.05, 0) is 29.3 Å². The van der Waals surface area contributed by atoms with E-state index in [0.717, 1.165) is 22.4 Å². The number of hydrogen-bond acceptors (Lipinski definition) is 3. The standard InChI is InChI=1S/C18H17FN2O/c1-22-16-8-6-14(7-9-16)13-21-18(10-11-19)17-5-3-2-4-15(17)12-20-21/h2-12,18H,13H2,1H3. The van der Waals surface area contributed by atoms with Crippen LogP contribution in [0.15, 0.2) is 66.0 Å². The highest BCUT2D eigenvalue weighted by atomic mass is 19.1. The molecule has 1 heterocycles. The fraction of sp³-hybridized carbons (Fsp3) is 0.167. The second-order valence-corrected chi connectivity index (χ2v) is 5.08. The first-order chi connectivity index (χ1) is 10.8. The normalized spacial score (nSPS) is 16.8. The molecular formula is C18H17FN2O. The minimum absolute atomic E-state index is 0.201. The first-order valence-corrected chi connectivity index (χ1v) is 7.11. The number of hydrogen-bond donors (Lipinski definition) is 0. The Kier molecular flexibility index (Phi) is 4.19. The third-order valence-electron chi connectivity index (χ3n) is 3.74. The van der Waals surface area contributed by atoms with Gasteiger partial charge in [0.05, 0.1) is 32.2 Å². The summed E-state index contributed by atoms with van der Waals surface area (Å²) in [6.07, 6.45) is 3.93. The minimum atomic E-state index is -0.201. The van der Waals surface area contributed by atoms with E-state index in [1.165, 1.54) is 6.08 Å². The van der Waals surface area contributed by atoms with Gasteiger partial charge >= 0.3 is 0 Å². The van der Waals surface area contributed by atoms with Crippen LogP contribution in [0.4, 0.5) is 4.39 Å². The number of methoxy groups -OCH3 is 1. The molecule has 4 heteroatoms. The van der Waals surface area contributed by atoms with Gasteiger partial charge in [0.1, 0.15) is 5.75 Å². The van der Waals surface area contributed by atoms with E-state index in [9.17, 15) is 4.39 Å². The van der Waals surface area contributed by atoms with Gasteiger partial charge in [-0.1, -0.05) is 36.4 Å². The molecule has 112 valence electrons. The molecule has 0 aliphatic carbocycles. The Balaban J connectivity index is 1.86. The molecule has 0 N–H and O–H groups in total. The third-order valence-corrected chi connectivity index (χ3v) is 3.74. The molecule has 1 atom stereocenters. The Labute approximate surface area is 129 Å². The van der Waals surface area contributed by atoms with Crippen molar-refractivity contribution < 1.29 is 9.13 Å². The molecule has 0 radical (unpaired) electrons. The summed E-state index contributed by atoms with van der Waals surface area (Å²) in [7, 11) is 1.64. The predicted octanol–water partition coefficient (Wildman–Crippen LogP) is 4.07.